The summed E-state index contributed by atoms with van der Waals surface area (Å²) in [5.74, 6) is 0.251. The first-order chi connectivity index (χ1) is 13.3. The van der Waals surface area contributed by atoms with E-state index in [9.17, 15) is 9.90 Å². The second-order valence-corrected chi connectivity index (χ2v) is 8.11. The first-order valence-electron chi connectivity index (χ1n) is 9.77. The van der Waals surface area contributed by atoms with Crippen LogP contribution in [0, 0.1) is 13.8 Å². The second-order valence-electron chi connectivity index (χ2n) is 8.11. The molecule has 0 bridgehead atoms. The summed E-state index contributed by atoms with van der Waals surface area (Å²) in [6.07, 6.45) is 5.07. The molecule has 2 heterocycles. The Morgan fingerprint density at radius 1 is 1.25 bits per heavy atom. The third kappa shape index (κ3) is 3.52. The number of aliphatic hydroxyl groups is 1. The molecule has 0 spiro atoms. The van der Waals surface area contributed by atoms with Gasteiger partial charge in [0, 0.05) is 12.2 Å². The minimum absolute atomic E-state index is 0.0452. The standard InChI is InChI=1S/C22H26N4O2/c1-14-7-9-16(10-8-14)22(3,28)12-19(27)25-21-24-18-11-15(2)13-23-20(18)26(21)17-5-4-6-17/h7-11,13,17,28H,4-6,12H2,1-3H3,(H,24,25,27)/t22-/m0/s1. The predicted molar refractivity (Wildman–Crippen MR) is 109 cm³/mol. The van der Waals surface area contributed by atoms with E-state index in [1.807, 2.05) is 54.9 Å². The first-order valence-corrected chi connectivity index (χ1v) is 9.77. The van der Waals surface area contributed by atoms with Crippen LogP contribution in [0.3, 0.4) is 0 Å². The molecule has 0 aliphatic heterocycles. The van der Waals surface area contributed by atoms with Crippen LogP contribution in [0.4, 0.5) is 5.95 Å². The number of hydrogen-bond acceptors (Lipinski definition) is 4. The lowest BCUT2D eigenvalue weighted by Gasteiger charge is -2.29. The van der Waals surface area contributed by atoms with E-state index in [0.29, 0.717) is 12.0 Å². The Balaban J connectivity index is 1.58. The van der Waals surface area contributed by atoms with Crippen LogP contribution in [-0.4, -0.2) is 25.5 Å². The number of aryl methyl sites for hydroxylation is 2. The van der Waals surface area contributed by atoms with Gasteiger partial charge in [0.05, 0.1) is 12.0 Å². The second kappa shape index (κ2) is 7.02. The van der Waals surface area contributed by atoms with E-state index in [2.05, 4.69) is 15.3 Å². The van der Waals surface area contributed by atoms with E-state index in [1.54, 1.807) is 6.92 Å². The van der Waals surface area contributed by atoms with Crippen LogP contribution in [0.25, 0.3) is 11.2 Å². The summed E-state index contributed by atoms with van der Waals surface area (Å²) in [4.78, 5) is 21.9. The number of anilines is 1. The fraction of sp³-hybridized carbons (Fsp3) is 0.409. The van der Waals surface area contributed by atoms with Crippen LogP contribution < -0.4 is 5.32 Å². The number of carbonyl (C=O) groups is 1. The number of benzene rings is 1. The number of pyridine rings is 1. The summed E-state index contributed by atoms with van der Waals surface area (Å²) in [5, 5.41) is 13.8. The molecule has 0 saturated heterocycles. The van der Waals surface area contributed by atoms with Crippen LogP contribution in [0.2, 0.25) is 0 Å². The van der Waals surface area contributed by atoms with Crippen LogP contribution in [-0.2, 0) is 10.4 Å². The average Bonchev–Trinajstić information content (AvgIpc) is 2.90. The van der Waals surface area contributed by atoms with Crippen LogP contribution in [0.5, 0.6) is 0 Å². The summed E-state index contributed by atoms with van der Waals surface area (Å²) >= 11 is 0. The van der Waals surface area contributed by atoms with Gasteiger partial charge in [-0.05, 0) is 57.2 Å². The van der Waals surface area contributed by atoms with Crippen molar-refractivity contribution in [1.29, 1.82) is 0 Å². The van der Waals surface area contributed by atoms with Gasteiger partial charge in [-0.25, -0.2) is 9.97 Å². The van der Waals surface area contributed by atoms with Gasteiger partial charge in [0.15, 0.2) is 5.65 Å². The van der Waals surface area contributed by atoms with Gasteiger partial charge >= 0.3 is 0 Å². The van der Waals surface area contributed by atoms with Crippen molar-refractivity contribution >= 4 is 23.0 Å². The van der Waals surface area contributed by atoms with Gasteiger partial charge in [0.1, 0.15) is 5.52 Å². The molecule has 1 saturated carbocycles. The van der Waals surface area contributed by atoms with Gasteiger partial charge < -0.3 is 5.11 Å². The molecule has 0 unspecified atom stereocenters. The number of aromatic nitrogens is 3. The van der Waals surface area contributed by atoms with E-state index in [4.69, 9.17) is 0 Å². The summed E-state index contributed by atoms with van der Waals surface area (Å²) in [7, 11) is 0. The minimum Gasteiger partial charge on any atom is -0.385 e. The fourth-order valence-corrected chi connectivity index (χ4v) is 3.66. The van der Waals surface area contributed by atoms with Gasteiger partial charge in [-0.2, -0.15) is 0 Å². The maximum Gasteiger partial charge on any atom is 0.229 e. The van der Waals surface area contributed by atoms with Gasteiger partial charge in [-0.3, -0.25) is 14.7 Å². The smallest absolute Gasteiger partial charge is 0.229 e. The van der Waals surface area contributed by atoms with Crippen molar-refractivity contribution in [2.45, 2.75) is 58.1 Å². The molecule has 146 valence electrons. The molecule has 3 aromatic rings. The maximum absolute atomic E-state index is 12.7. The first kappa shape index (κ1) is 18.6. The lowest BCUT2D eigenvalue weighted by molar-refractivity contribution is -0.120. The molecule has 1 aliphatic carbocycles. The Bertz CT molecular complexity index is 1020. The topological polar surface area (TPSA) is 80.0 Å². The molecule has 6 heteroatoms. The number of hydrogen-bond donors (Lipinski definition) is 2. The van der Waals surface area contributed by atoms with Crippen LogP contribution in [0.1, 0.15) is 55.3 Å². The monoisotopic (exact) mass is 378 g/mol. The van der Waals surface area contributed by atoms with Crippen LogP contribution >= 0.6 is 0 Å². The highest BCUT2D eigenvalue weighted by atomic mass is 16.3. The Morgan fingerprint density at radius 3 is 2.61 bits per heavy atom. The molecule has 1 amide bonds. The number of rotatable bonds is 5. The van der Waals surface area contributed by atoms with Crippen molar-refractivity contribution in [2.24, 2.45) is 0 Å². The highest BCUT2D eigenvalue weighted by molar-refractivity contribution is 5.91. The predicted octanol–water partition coefficient (Wildman–Crippen LogP) is 4.01. The molecular weight excluding hydrogens is 352 g/mol. The van der Waals surface area contributed by atoms with Crippen molar-refractivity contribution in [3.8, 4) is 0 Å². The molecule has 1 aliphatic rings. The molecule has 6 nitrogen and oxygen atoms in total. The third-order valence-electron chi connectivity index (χ3n) is 5.54. The average molecular weight is 378 g/mol. The lowest BCUT2D eigenvalue weighted by atomic mass is 9.91. The van der Waals surface area contributed by atoms with Gasteiger partial charge in [0.25, 0.3) is 0 Å². The zero-order chi connectivity index (χ0) is 19.9. The highest BCUT2D eigenvalue weighted by Crippen LogP contribution is 2.37. The SMILES string of the molecule is Cc1ccc([C@@](C)(O)CC(=O)Nc2nc3cc(C)cnc3n2C2CCC2)cc1. The summed E-state index contributed by atoms with van der Waals surface area (Å²) in [6.45, 7) is 5.63. The molecule has 1 fully saturated rings. The van der Waals surface area contributed by atoms with Crippen molar-refractivity contribution in [3.05, 3.63) is 53.2 Å². The molecule has 2 aromatic heterocycles. The number of imidazole rings is 1. The van der Waals surface area contributed by atoms with E-state index in [0.717, 1.165) is 40.7 Å². The number of nitrogens with zero attached hydrogens (tertiary/aromatic N) is 3. The quantitative estimate of drug-likeness (QED) is 0.703. The summed E-state index contributed by atoms with van der Waals surface area (Å²) in [6, 6.07) is 9.89. The lowest BCUT2D eigenvalue weighted by Crippen LogP contribution is -2.30. The Morgan fingerprint density at radius 2 is 1.96 bits per heavy atom. The molecule has 1 aromatic carbocycles. The van der Waals surface area contributed by atoms with E-state index in [1.165, 1.54) is 6.42 Å². The highest BCUT2D eigenvalue weighted by Gasteiger charge is 2.29. The summed E-state index contributed by atoms with van der Waals surface area (Å²) < 4.78 is 2.04. The molecule has 1 atom stereocenters. The Labute approximate surface area is 164 Å². The number of carbonyl (C=O) groups excluding carboxylic acids is 1. The van der Waals surface area contributed by atoms with Crippen molar-refractivity contribution in [2.75, 3.05) is 5.32 Å². The maximum atomic E-state index is 12.7. The van der Waals surface area contributed by atoms with Crippen molar-refractivity contribution < 1.29 is 9.90 Å². The zero-order valence-electron chi connectivity index (χ0n) is 16.6. The van der Waals surface area contributed by atoms with E-state index in [-0.39, 0.29) is 12.3 Å². The third-order valence-corrected chi connectivity index (χ3v) is 5.54. The van der Waals surface area contributed by atoms with E-state index < -0.39 is 5.60 Å². The van der Waals surface area contributed by atoms with Crippen molar-refractivity contribution in [1.82, 2.24) is 14.5 Å². The zero-order valence-corrected chi connectivity index (χ0v) is 16.6. The summed E-state index contributed by atoms with van der Waals surface area (Å²) in [5.41, 5.74) is 3.20. The number of nitrogens with one attached hydrogen (secondary N) is 1. The van der Waals surface area contributed by atoms with E-state index >= 15 is 0 Å². The number of fused-ring (bicyclic) bond motifs is 1. The minimum atomic E-state index is -1.25. The Kier molecular flexibility index (Phi) is 4.67. The number of amides is 1. The fourth-order valence-electron chi connectivity index (χ4n) is 3.66. The molecule has 28 heavy (non-hydrogen) atoms. The van der Waals surface area contributed by atoms with Gasteiger partial charge in [-0.15, -0.1) is 0 Å². The molecule has 2 N–H and O–H groups in total. The van der Waals surface area contributed by atoms with Gasteiger partial charge in [-0.1, -0.05) is 29.8 Å². The Hall–Kier alpha value is -2.73. The van der Waals surface area contributed by atoms with Gasteiger partial charge in [0.2, 0.25) is 11.9 Å². The normalized spacial score (nSPS) is 16.6. The largest absolute Gasteiger partial charge is 0.385 e. The van der Waals surface area contributed by atoms with Crippen LogP contribution in [0.15, 0.2) is 36.5 Å². The van der Waals surface area contributed by atoms with Crippen molar-refractivity contribution in [3.63, 3.8) is 0 Å². The molecule has 4 rings (SSSR count). The molecule has 0 radical (unpaired) electrons. The molecular formula is C22H26N4O2.